The van der Waals surface area contributed by atoms with Crippen molar-refractivity contribution in [3.63, 3.8) is 0 Å². The molecule has 4 nitrogen and oxygen atoms in total. The highest BCUT2D eigenvalue weighted by Crippen LogP contribution is 2.21. The third-order valence-electron chi connectivity index (χ3n) is 0.973. The molecule has 1 rings (SSSR count). The number of rotatable bonds is 3. The average molecular weight is 178 g/mol. The van der Waals surface area contributed by atoms with Crippen molar-refractivity contribution in [2.75, 3.05) is 0 Å². The molecule has 12 heavy (non-hydrogen) atoms. The second-order valence-corrected chi connectivity index (χ2v) is 1.86. The highest BCUT2D eigenvalue weighted by Gasteiger charge is 2.43. The Morgan fingerprint density at radius 3 is 2.75 bits per heavy atom. The van der Waals surface area contributed by atoms with Gasteiger partial charge in [0.05, 0.1) is 6.26 Å². The van der Waals surface area contributed by atoms with Crippen LogP contribution >= 0.6 is 0 Å². The molecule has 0 atom stereocenters. The number of furan rings is 1. The summed E-state index contributed by atoms with van der Waals surface area (Å²) in [5.41, 5.74) is 0. The lowest BCUT2D eigenvalue weighted by molar-refractivity contribution is -0.214. The zero-order valence-electron chi connectivity index (χ0n) is 5.66. The van der Waals surface area contributed by atoms with Crippen LogP contribution in [-0.2, 0) is 4.79 Å². The maximum Gasteiger partial charge on any atom is 0.504 e. The van der Waals surface area contributed by atoms with Gasteiger partial charge in [-0.25, -0.2) is 4.79 Å². The molecule has 0 fully saturated rings. The lowest BCUT2D eigenvalue weighted by Gasteiger charge is -2.09. The van der Waals surface area contributed by atoms with Crippen LogP contribution in [0.3, 0.4) is 0 Å². The molecule has 0 amide bonds. The molecular formula is C6H4F2O4. The van der Waals surface area contributed by atoms with Crippen molar-refractivity contribution in [2.24, 2.45) is 0 Å². The van der Waals surface area contributed by atoms with Crippen molar-refractivity contribution in [3.05, 3.63) is 18.4 Å². The highest BCUT2D eigenvalue weighted by molar-refractivity contribution is 5.73. The number of halogens is 2. The van der Waals surface area contributed by atoms with Crippen LogP contribution in [0.4, 0.5) is 8.78 Å². The van der Waals surface area contributed by atoms with Crippen molar-refractivity contribution < 1.29 is 27.8 Å². The van der Waals surface area contributed by atoms with Crippen molar-refractivity contribution >= 4 is 5.97 Å². The third-order valence-corrected chi connectivity index (χ3v) is 0.973. The lowest BCUT2D eigenvalue weighted by atomic mass is 10.6. The number of carbonyl (C=O) groups is 1. The molecule has 0 unspecified atom stereocenters. The number of hydrogen-bond donors (Lipinski definition) is 1. The topological polar surface area (TPSA) is 59.7 Å². The number of carboxylic acids is 1. The molecule has 0 saturated carbocycles. The van der Waals surface area contributed by atoms with Gasteiger partial charge in [0.2, 0.25) is 0 Å². The first-order valence-electron chi connectivity index (χ1n) is 2.86. The molecule has 1 aromatic heterocycles. The molecule has 0 aliphatic carbocycles. The molecule has 0 aromatic carbocycles. The Balaban J connectivity index is 2.69. The predicted molar refractivity (Wildman–Crippen MR) is 31.9 cm³/mol. The van der Waals surface area contributed by atoms with Gasteiger partial charge in [0, 0.05) is 6.07 Å². The van der Waals surface area contributed by atoms with E-state index in [-0.39, 0.29) is 0 Å². The van der Waals surface area contributed by atoms with E-state index in [4.69, 9.17) is 5.11 Å². The highest BCUT2D eigenvalue weighted by atomic mass is 19.3. The van der Waals surface area contributed by atoms with Crippen LogP contribution in [0, 0.1) is 0 Å². The molecule has 1 N–H and O–H groups in total. The maximum atomic E-state index is 12.2. The molecule has 0 aliphatic rings. The van der Waals surface area contributed by atoms with Crippen molar-refractivity contribution in [3.8, 4) is 5.95 Å². The number of alkyl halides is 2. The molecule has 6 heteroatoms. The van der Waals surface area contributed by atoms with Gasteiger partial charge in [-0.15, -0.1) is 0 Å². The molecule has 66 valence electrons. The summed E-state index contributed by atoms with van der Waals surface area (Å²) < 4.78 is 32.5. The van der Waals surface area contributed by atoms with Gasteiger partial charge >= 0.3 is 12.1 Å². The fourth-order valence-corrected chi connectivity index (χ4v) is 0.492. The molecule has 1 aromatic rings. The SMILES string of the molecule is O=C(O)C(F)(F)Oc1ccco1. The summed E-state index contributed by atoms with van der Waals surface area (Å²) in [5, 5.41) is 7.92. The predicted octanol–water partition coefficient (Wildman–Crippen LogP) is 1.34. The molecule has 0 aliphatic heterocycles. The number of hydrogen-bond acceptors (Lipinski definition) is 3. The summed E-state index contributed by atoms with van der Waals surface area (Å²) in [6, 6.07) is 2.38. The summed E-state index contributed by atoms with van der Waals surface area (Å²) in [6.45, 7) is 0. The fraction of sp³-hybridized carbons (Fsp3) is 0.167. The van der Waals surface area contributed by atoms with E-state index in [0.29, 0.717) is 0 Å². The number of ether oxygens (including phenoxy) is 1. The van der Waals surface area contributed by atoms with Gasteiger partial charge in [-0.2, -0.15) is 8.78 Å². The summed E-state index contributed by atoms with van der Waals surface area (Å²) in [4.78, 5) is 9.83. The minimum absolute atomic E-state index is 0.539. The van der Waals surface area contributed by atoms with E-state index in [0.717, 1.165) is 12.3 Å². The smallest absolute Gasteiger partial charge is 0.474 e. The lowest BCUT2D eigenvalue weighted by Crippen LogP contribution is -2.34. The normalized spacial score (nSPS) is 11.2. The van der Waals surface area contributed by atoms with E-state index >= 15 is 0 Å². The van der Waals surface area contributed by atoms with Gasteiger partial charge in [0.15, 0.2) is 0 Å². The average Bonchev–Trinajstić information content (AvgIpc) is 2.38. The quantitative estimate of drug-likeness (QED) is 0.758. The molecule has 1 heterocycles. The van der Waals surface area contributed by atoms with E-state index in [9.17, 15) is 13.6 Å². The van der Waals surface area contributed by atoms with Gasteiger partial charge in [0.25, 0.3) is 5.95 Å². The zero-order valence-corrected chi connectivity index (χ0v) is 5.66. The minimum Gasteiger partial charge on any atom is -0.474 e. The van der Waals surface area contributed by atoms with Crippen LogP contribution in [0.15, 0.2) is 22.8 Å². The first kappa shape index (κ1) is 8.51. The first-order valence-corrected chi connectivity index (χ1v) is 2.86. The van der Waals surface area contributed by atoms with Crippen LogP contribution in [0.5, 0.6) is 5.95 Å². The Morgan fingerprint density at radius 2 is 2.33 bits per heavy atom. The van der Waals surface area contributed by atoms with Gasteiger partial charge < -0.3 is 14.3 Å². The largest absolute Gasteiger partial charge is 0.504 e. The van der Waals surface area contributed by atoms with Crippen LogP contribution < -0.4 is 4.74 Å². The van der Waals surface area contributed by atoms with Gasteiger partial charge in [-0.05, 0) is 6.07 Å². The van der Waals surface area contributed by atoms with Crippen LogP contribution in [-0.4, -0.2) is 17.2 Å². The summed E-state index contributed by atoms with van der Waals surface area (Å²) in [6.07, 6.45) is -3.16. The Kier molecular flexibility index (Phi) is 1.99. The Hall–Kier alpha value is -1.59. The van der Waals surface area contributed by atoms with Crippen LogP contribution in [0.25, 0.3) is 0 Å². The molecule has 0 saturated heterocycles. The first-order chi connectivity index (χ1) is 5.52. The molecular weight excluding hydrogens is 174 g/mol. The number of carboxylic acid groups (broad SMARTS) is 1. The summed E-state index contributed by atoms with van der Waals surface area (Å²) in [7, 11) is 0. The van der Waals surface area contributed by atoms with E-state index in [1.165, 1.54) is 6.07 Å². The fourth-order valence-electron chi connectivity index (χ4n) is 0.492. The van der Waals surface area contributed by atoms with E-state index in [1.807, 2.05) is 0 Å². The Bertz CT molecular complexity index is 267. The van der Waals surface area contributed by atoms with E-state index in [1.54, 1.807) is 0 Å². The summed E-state index contributed by atoms with van der Waals surface area (Å²) in [5.74, 6) is -2.90. The van der Waals surface area contributed by atoms with E-state index in [2.05, 4.69) is 9.15 Å². The van der Waals surface area contributed by atoms with Gasteiger partial charge in [-0.3, -0.25) is 0 Å². The second-order valence-electron chi connectivity index (χ2n) is 1.86. The minimum atomic E-state index is -4.25. The molecule has 0 radical (unpaired) electrons. The van der Waals surface area contributed by atoms with Gasteiger partial charge in [0.1, 0.15) is 0 Å². The second kappa shape index (κ2) is 2.80. The molecule has 0 spiro atoms. The standard InChI is InChI=1S/C6H4F2O4/c7-6(8,5(9)10)12-4-2-1-3-11-4/h1-3H,(H,9,10). The zero-order chi connectivity index (χ0) is 9.19. The maximum absolute atomic E-state index is 12.2. The van der Waals surface area contributed by atoms with Crippen molar-refractivity contribution in [2.45, 2.75) is 6.11 Å². The van der Waals surface area contributed by atoms with Gasteiger partial charge in [-0.1, -0.05) is 0 Å². The van der Waals surface area contributed by atoms with Crippen LogP contribution in [0.1, 0.15) is 0 Å². The van der Waals surface area contributed by atoms with E-state index < -0.39 is 18.0 Å². The molecule has 0 bridgehead atoms. The summed E-state index contributed by atoms with van der Waals surface area (Å²) >= 11 is 0. The van der Waals surface area contributed by atoms with Crippen LogP contribution in [0.2, 0.25) is 0 Å². The Labute approximate surface area is 65.4 Å². The Morgan fingerprint density at radius 1 is 1.67 bits per heavy atom. The number of aliphatic carboxylic acids is 1. The third kappa shape index (κ3) is 1.71. The monoisotopic (exact) mass is 178 g/mol. The van der Waals surface area contributed by atoms with Crippen molar-refractivity contribution in [1.29, 1.82) is 0 Å². The van der Waals surface area contributed by atoms with Crippen molar-refractivity contribution in [1.82, 2.24) is 0 Å².